The molecule has 6 nitrogen and oxygen atoms in total. The molecule has 2 aliphatic rings. The molecule has 1 aliphatic carbocycles. The smallest absolute Gasteiger partial charge is 0.154 e. The van der Waals surface area contributed by atoms with E-state index in [4.69, 9.17) is 5.73 Å². The molecule has 0 amide bonds. The number of rotatable bonds is 2. The lowest BCUT2D eigenvalue weighted by molar-refractivity contribution is 0.496. The van der Waals surface area contributed by atoms with E-state index >= 15 is 0 Å². The zero-order valence-electron chi connectivity index (χ0n) is 13.0. The Morgan fingerprint density at radius 3 is 2.64 bits per heavy atom. The second kappa shape index (κ2) is 5.35. The van der Waals surface area contributed by atoms with E-state index in [-0.39, 0.29) is 0 Å². The average molecular weight is 298 g/mol. The molecule has 1 saturated heterocycles. The number of aryl methyl sites for hydroxylation is 1. The van der Waals surface area contributed by atoms with Gasteiger partial charge in [-0.1, -0.05) is 0 Å². The molecule has 1 aliphatic heterocycles. The molecule has 2 N–H and O–H groups in total. The number of hydrogen-bond donors (Lipinski definition) is 1. The Balaban J connectivity index is 1.74. The second-order valence-electron chi connectivity index (χ2n) is 6.35. The van der Waals surface area contributed by atoms with E-state index in [1.807, 2.05) is 24.0 Å². The van der Waals surface area contributed by atoms with Crippen LogP contribution in [-0.2, 0) is 19.9 Å². The molecule has 0 unspecified atom stereocenters. The fourth-order valence-corrected chi connectivity index (χ4v) is 3.65. The van der Waals surface area contributed by atoms with E-state index in [0.717, 1.165) is 56.0 Å². The first-order valence-corrected chi connectivity index (χ1v) is 8.11. The van der Waals surface area contributed by atoms with Gasteiger partial charge < -0.3 is 10.6 Å². The molecular weight excluding hydrogens is 276 g/mol. The van der Waals surface area contributed by atoms with Crippen LogP contribution in [0.15, 0.2) is 12.3 Å². The van der Waals surface area contributed by atoms with Crippen LogP contribution in [-0.4, -0.2) is 39.1 Å². The van der Waals surface area contributed by atoms with Crippen molar-refractivity contribution in [3.05, 3.63) is 23.4 Å². The molecule has 0 radical (unpaired) electrons. The molecule has 116 valence electrons. The molecule has 4 rings (SSSR count). The van der Waals surface area contributed by atoms with Gasteiger partial charge in [0.05, 0.1) is 5.69 Å². The van der Waals surface area contributed by atoms with Gasteiger partial charge in [0.25, 0.3) is 0 Å². The third-order valence-corrected chi connectivity index (χ3v) is 4.92. The Hall–Kier alpha value is -1.95. The Morgan fingerprint density at radius 1 is 1.14 bits per heavy atom. The highest BCUT2D eigenvalue weighted by Gasteiger charge is 2.27. The minimum atomic E-state index is 0.339. The van der Waals surface area contributed by atoms with Crippen LogP contribution in [0, 0.1) is 0 Å². The predicted molar refractivity (Wildman–Crippen MR) is 85.7 cm³/mol. The average Bonchev–Trinajstić information content (AvgIpc) is 3.16. The van der Waals surface area contributed by atoms with Gasteiger partial charge in [-0.05, 0) is 43.7 Å². The lowest BCUT2D eigenvalue weighted by Gasteiger charge is -2.32. The number of nitrogens with zero attached hydrogens (tertiary/aromatic N) is 5. The van der Waals surface area contributed by atoms with Crippen LogP contribution in [0.2, 0.25) is 0 Å². The summed E-state index contributed by atoms with van der Waals surface area (Å²) < 4.78 is 1.88. The zero-order valence-corrected chi connectivity index (χ0v) is 13.0. The van der Waals surface area contributed by atoms with Crippen molar-refractivity contribution in [2.24, 2.45) is 12.8 Å². The number of fused-ring (bicyclic) bond motifs is 1. The summed E-state index contributed by atoms with van der Waals surface area (Å²) in [5, 5.41) is 13.4. The summed E-state index contributed by atoms with van der Waals surface area (Å²) in [6.07, 6.45) is 7.28. The molecule has 0 spiro atoms. The molecule has 2 aromatic rings. The van der Waals surface area contributed by atoms with Crippen LogP contribution in [0.25, 0.3) is 11.4 Å². The van der Waals surface area contributed by atoms with Crippen molar-refractivity contribution in [2.75, 3.05) is 18.0 Å². The van der Waals surface area contributed by atoms with E-state index in [2.05, 4.69) is 20.2 Å². The molecule has 0 saturated carbocycles. The third-order valence-electron chi connectivity index (χ3n) is 4.92. The van der Waals surface area contributed by atoms with Crippen LogP contribution in [0.4, 0.5) is 5.82 Å². The van der Waals surface area contributed by atoms with Gasteiger partial charge in [-0.2, -0.15) is 5.10 Å². The van der Waals surface area contributed by atoms with Crippen molar-refractivity contribution >= 4 is 5.82 Å². The van der Waals surface area contributed by atoms with E-state index in [1.54, 1.807) is 0 Å². The lowest BCUT2D eigenvalue weighted by Crippen LogP contribution is -2.40. The highest BCUT2D eigenvalue weighted by Crippen LogP contribution is 2.35. The van der Waals surface area contributed by atoms with Gasteiger partial charge in [0.2, 0.25) is 0 Å². The number of anilines is 1. The molecule has 22 heavy (non-hydrogen) atoms. The maximum absolute atomic E-state index is 6.02. The first-order chi connectivity index (χ1) is 10.7. The number of nitrogens with two attached hydrogens (primary N) is 1. The summed E-state index contributed by atoms with van der Waals surface area (Å²) >= 11 is 0. The Morgan fingerprint density at radius 2 is 1.91 bits per heavy atom. The van der Waals surface area contributed by atoms with Gasteiger partial charge >= 0.3 is 0 Å². The summed E-state index contributed by atoms with van der Waals surface area (Å²) in [7, 11) is 1.96. The van der Waals surface area contributed by atoms with Gasteiger partial charge in [-0.15, -0.1) is 10.2 Å². The van der Waals surface area contributed by atoms with Crippen LogP contribution >= 0.6 is 0 Å². The molecule has 2 aromatic heterocycles. The van der Waals surface area contributed by atoms with Crippen molar-refractivity contribution in [2.45, 2.75) is 38.1 Å². The first kappa shape index (κ1) is 13.7. The summed E-state index contributed by atoms with van der Waals surface area (Å²) in [6, 6.07) is 2.35. The molecule has 0 aromatic carbocycles. The molecule has 3 heterocycles. The predicted octanol–water partition coefficient (Wildman–Crippen LogP) is 1.29. The summed E-state index contributed by atoms with van der Waals surface area (Å²) in [4.78, 5) is 2.37. The monoisotopic (exact) mass is 298 g/mol. The van der Waals surface area contributed by atoms with E-state index in [1.165, 1.54) is 17.5 Å². The van der Waals surface area contributed by atoms with Gasteiger partial charge in [0.1, 0.15) is 5.69 Å². The summed E-state index contributed by atoms with van der Waals surface area (Å²) in [5.41, 5.74) is 10.8. The van der Waals surface area contributed by atoms with Crippen LogP contribution < -0.4 is 10.6 Å². The summed E-state index contributed by atoms with van der Waals surface area (Å²) in [5.74, 6) is 1.09. The van der Waals surface area contributed by atoms with Crippen molar-refractivity contribution in [1.29, 1.82) is 0 Å². The minimum absolute atomic E-state index is 0.339. The standard InChI is InChI=1S/C16H22N6/c1-21-14(5-8-18-21)15-12-3-2-4-13(12)16(20-19-15)22-9-6-11(17)7-10-22/h5,8,11H,2-4,6-7,9-10,17H2,1H3. The van der Waals surface area contributed by atoms with E-state index < -0.39 is 0 Å². The number of aromatic nitrogens is 4. The SMILES string of the molecule is Cn1nccc1-c1nnc(N2CCC(N)CC2)c2c1CCC2. The molecule has 0 atom stereocenters. The second-order valence-corrected chi connectivity index (χ2v) is 6.35. The van der Waals surface area contributed by atoms with Gasteiger partial charge in [-0.3, -0.25) is 4.68 Å². The maximum Gasteiger partial charge on any atom is 0.154 e. The van der Waals surface area contributed by atoms with E-state index in [0.29, 0.717) is 6.04 Å². The third kappa shape index (κ3) is 2.18. The van der Waals surface area contributed by atoms with Gasteiger partial charge in [0, 0.05) is 37.9 Å². The van der Waals surface area contributed by atoms with Crippen LogP contribution in [0.5, 0.6) is 0 Å². The highest BCUT2D eigenvalue weighted by molar-refractivity contribution is 5.66. The quantitative estimate of drug-likeness (QED) is 0.904. The Labute approximate surface area is 130 Å². The van der Waals surface area contributed by atoms with Crippen LogP contribution in [0.1, 0.15) is 30.4 Å². The topological polar surface area (TPSA) is 72.9 Å². The highest BCUT2D eigenvalue weighted by atomic mass is 15.3. The van der Waals surface area contributed by atoms with Gasteiger partial charge in [0.15, 0.2) is 5.82 Å². The van der Waals surface area contributed by atoms with Crippen molar-refractivity contribution in [3.63, 3.8) is 0 Å². The minimum Gasteiger partial charge on any atom is -0.355 e. The largest absolute Gasteiger partial charge is 0.355 e. The normalized spacial score (nSPS) is 18.7. The fraction of sp³-hybridized carbons (Fsp3) is 0.562. The van der Waals surface area contributed by atoms with E-state index in [9.17, 15) is 0 Å². The summed E-state index contributed by atoms with van der Waals surface area (Å²) in [6.45, 7) is 1.99. The maximum atomic E-state index is 6.02. The van der Waals surface area contributed by atoms with Crippen molar-refractivity contribution in [3.8, 4) is 11.4 Å². The molecule has 0 bridgehead atoms. The number of piperidine rings is 1. The Kier molecular flexibility index (Phi) is 3.33. The molecule has 6 heteroatoms. The van der Waals surface area contributed by atoms with Gasteiger partial charge in [-0.25, -0.2) is 0 Å². The zero-order chi connectivity index (χ0) is 15.1. The van der Waals surface area contributed by atoms with Crippen LogP contribution in [0.3, 0.4) is 0 Å². The van der Waals surface area contributed by atoms with Crippen molar-refractivity contribution < 1.29 is 0 Å². The number of hydrogen-bond acceptors (Lipinski definition) is 5. The molecule has 1 fully saturated rings. The van der Waals surface area contributed by atoms with Crippen molar-refractivity contribution in [1.82, 2.24) is 20.0 Å². The first-order valence-electron chi connectivity index (χ1n) is 8.11. The fourth-order valence-electron chi connectivity index (χ4n) is 3.65. The molecular formula is C16H22N6. The lowest BCUT2D eigenvalue weighted by atomic mass is 10.0. The Bertz CT molecular complexity index is 684.